The van der Waals surface area contributed by atoms with Crippen molar-refractivity contribution >= 4 is 11.9 Å². The molecule has 0 aliphatic carbocycles. The molecule has 0 aromatic rings. The van der Waals surface area contributed by atoms with E-state index >= 15 is 0 Å². The Bertz CT molecular complexity index is 228. The van der Waals surface area contributed by atoms with Crippen molar-refractivity contribution in [1.82, 2.24) is 0 Å². The highest BCUT2D eigenvalue weighted by atomic mass is 16.5. The molecule has 2 atom stereocenters. The lowest BCUT2D eigenvalue weighted by Gasteiger charge is -2.07. The summed E-state index contributed by atoms with van der Waals surface area (Å²) in [6.45, 7) is 9.25. The summed E-state index contributed by atoms with van der Waals surface area (Å²) in [6.07, 6.45) is 1.27. The van der Waals surface area contributed by atoms with Gasteiger partial charge in [0, 0.05) is 13.2 Å². The average Bonchev–Trinajstić information content (AvgIpc) is 2.40. The van der Waals surface area contributed by atoms with Gasteiger partial charge >= 0.3 is 11.9 Å². The van der Waals surface area contributed by atoms with E-state index < -0.39 is 11.9 Å². The topological polar surface area (TPSA) is 93.1 Å². The number of aliphatic carboxylic acids is 2. The Morgan fingerprint density at radius 3 is 1.25 bits per heavy atom. The quantitative estimate of drug-likeness (QED) is 0.641. The predicted octanol–water partition coefficient (Wildman–Crippen LogP) is 2.27. The van der Waals surface area contributed by atoms with Crippen LogP contribution in [0.15, 0.2) is 0 Å². The van der Waals surface area contributed by atoms with E-state index in [1.54, 1.807) is 0 Å². The molecule has 0 aromatic heterocycles. The van der Waals surface area contributed by atoms with E-state index in [1.165, 1.54) is 0 Å². The summed E-state index contributed by atoms with van der Waals surface area (Å²) in [5.41, 5.74) is 0. The molecular formula is C14H28O6. The zero-order valence-electron chi connectivity index (χ0n) is 12.9. The van der Waals surface area contributed by atoms with Gasteiger partial charge < -0.3 is 19.7 Å². The van der Waals surface area contributed by atoms with Gasteiger partial charge in [0.05, 0.1) is 25.0 Å². The van der Waals surface area contributed by atoms with Crippen LogP contribution < -0.4 is 0 Å². The van der Waals surface area contributed by atoms with Crippen LogP contribution in [0.3, 0.4) is 0 Å². The van der Waals surface area contributed by atoms with Crippen molar-refractivity contribution in [2.75, 3.05) is 26.4 Å². The fourth-order valence-corrected chi connectivity index (χ4v) is 1.25. The lowest BCUT2D eigenvalue weighted by atomic mass is 10.1. The minimum Gasteiger partial charge on any atom is -0.481 e. The Labute approximate surface area is 121 Å². The molecule has 2 N–H and O–H groups in total. The molecule has 20 heavy (non-hydrogen) atoms. The molecule has 0 bridgehead atoms. The number of hydrogen-bond acceptors (Lipinski definition) is 4. The van der Waals surface area contributed by atoms with Crippen LogP contribution in [0.4, 0.5) is 0 Å². The summed E-state index contributed by atoms with van der Waals surface area (Å²) in [4.78, 5) is 20.7. The molecule has 0 aromatic carbocycles. The molecule has 120 valence electrons. The second kappa shape index (κ2) is 14.3. The average molecular weight is 292 g/mol. The molecule has 2 unspecified atom stereocenters. The van der Waals surface area contributed by atoms with E-state index in [0.29, 0.717) is 39.3 Å². The summed E-state index contributed by atoms with van der Waals surface area (Å²) in [5, 5.41) is 17.0. The highest BCUT2D eigenvalue weighted by Crippen LogP contribution is 2.03. The van der Waals surface area contributed by atoms with Crippen molar-refractivity contribution in [1.29, 1.82) is 0 Å². The number of carboxylic acids is 2. The number of rotatable bonds is 10. The van der Waals surface area contributed by atoms with Crippen molar-refractivity contribution in [2.45, 2.75) is 40.5 Å². The van der Waals surface area contributed by atoms with Gasteiger partial charge in [-0.05, 0) is 26.7 Å². The van der Waals surface area contributed by atoms with E-state index in [2.05, 4.69) is 0 Å². The van der Waals surface area contributed by atoms with E-state index in [1.807, 2.05) is 27.7 Å². The smallest absolute Gasteiger partial charge is 0.308 e. The maximum atomic E-state index is 10.4. The minimum absolute atomic E-state index is 0.333. The Morgan fingerprint density at radius 1 is 0.800 bits per heavy atom. The molecule has 0 rings (SSSR count). The van der Waals surface area contributed by atoms with Gasteiger partial charge in [-0.1, -0.05) is 13.8 Å². The highest BCUT2D eigenvalue weighted by molar-refractivity contribution is 5.70. The third-order valence-corrected chi connectivity index (χ3v) is 2.73. The zero-order valence-corrected chi connectivity index (χ0v) is 12.9. The fraction of sp³-hybridized carbons (Fsp3) is 0.857. The summed E-state index contributed by atoms with van der Waals surface area (Å²) in [5.74, 6) is -2.20. The van der Waals surface area contributed by atoms with Crippen molar-refractivity contribution in [3.63, 3.8) is 0 Å². The number of ether oxygens (including phenoxy) is 2. The Kier molecular flexibility index (Phi) is 15.1. The molecule has 0 spiro atoms. The van der Waals surface area contributed by atoms with Gasteiger partial charge in [0.2, 0.25) is 0 Å². The van der Waals surface area contributed by atoms with Gasteiger partial charge in [-0.25, -0.2) is 0 Å². The minimum atomic E-state index is -0.768. The van der Waals surface area contributed by atoms with Gasteiger partial charge in [-0.2, -0.15) is 0 Å². The molecule has 0 aliphatic rings. The molecule has 6 heteroatoms. The first kappa shape index (κ1) is 21.2. The van der Waals surface area contributed by atoms with E-state index in [-0.39, 0.29) is 11.8 Å². The molecule has 6 nitrogen and oxygen atoms in total. The Balaban J connectivity index is 0. The van der Waals surface area contributed by atoms with Crippen LogP contribution >= 0.6 is 0 Å². The second-order valence-corrected chi connectivity index (χ2v) is 4.21. The van der Waals surface area contributed by atoms with E-state index in [4.69, 9.17) is 19.7 Å². The van der Waals surface area contributed by atoms with Gasteiger partial charge in [-0.15, -0.1) is 0 Å². The zero-order chi connectivity index (χ0) is 16.0. The maximum absolute atomic E-state index is 10.4. The van der Waals surface area contributed by atoms with Crippen LogP contribution in [0.5, 0.6) is 0 Å². The summed E-state index contributed by atoms with van der Waals surface area (Å²) >= 11 is 0. The van der Waals surface area contributed by atoms with Crippen LogP contribution in [0, 0.1) is 11.8 Å². The molecule has 0 fully saturated rings. The molecule has 0 heterocycles. The summed E-state index contributed by atoms with van der Waals surface area (Å²) in [6, 6.07) is 0. The van der Waals surface area contributed by atoms with E-state index in [9.17, 15) is 9.59 Å². The fourth-order valence-electron chi connectivity index (χ4n) is 1.25. The molecule has 0 saturated heterocycles. The van der Waals surface area contributed by atoms with Crippen molar-refractivity contribution in [3.05, 3.63) is 0 Å². The monoisotopic (exact) mass is 292 g/mol. The molecule has 0 aliphatic heterocycles. The number of carbonyl (C=O) groups is 2. The lowest BCUT2D eigenvalue weighted by Crippen LogP contribution is -2.18. The van der Waals surface area contributed by atoms with Crippen LogP contribution in [-0.2, 0) is 19.1 Å². The largest absolute Gasteiger partial charge is 0.481 e. The first-order valence-electron chi connectivity index (χ1n) is 7.05. The summed E-state index contributed by atoms with van der Waals surface area (Å²) < 4.78 is 9.93. The van der Waals surface area contributed by atoms with Gasteiger partial charge in [-0.3, -0.25) is 9.59 Å². The van der Waals surface area contributed by atoms with Gasteiger partial charge in [0.1, 0.15) is 0 Å². The third-order valence-electron chi connectivity index (χ3n) is 2.73. The SMILES string of the molecule is CCOCC(CC)C(=O)O.CCOCC(CC)C(=O)O. The number of hydrogen-bond donors (Lipinski definition) is 2. The standard InChI is InChI=1S/2C7H14O3/c2*1-3-6(7(8)9)5-10-4-2/h2*6H,3-5H2,1-2H3,(H,8,9). The first-order chi connectivity index (χ1) is 9.44. The Hall–Kier alpha value is -1.14. The van der Waals surface area contributed by atoms with E-state index in [0.717, 1.165) is 0 Å². The third kappa shape index (κ3) is 11.9. The van der Waals surface area contributed by atoms with Crippen molar-refractivity contribution < 1.29 is 29.3 Å². The molecule has 0 saturated carbocycles. The van der Waals surface area contributed by atoms with Gasteiger partial charge in [0.25, 0.3) is 0 Å². The van der Waals surface area contributed by atoms with Gasteiger partial charge in [0.15, 0.2) is 0 Å². The van der Waals surface area contributed by atoms with Crippen LogP contribution in [0.2, 0.25) is 0 Å². The second-order valence-electron chi connectivity index (χ2n) is 4.21. The maximum Gasteiger partial charge on any atom is 0.308 e. The molecular weight excluding hydrogens is 264 g/mol. The van der Waals surface area contributed by atoms with Crippen LogP contribution in [0.1, 0.15) is 40.5 Å². The van der Waals surface area contributed by atoms with Crippen LogP contribution in [0.25, 0.3) is 0 Å². The first-order valence-corrected chi connectivity index (χ1v) is 7.05. The lowest BCUT2D eigenvalue weighted by molar-refractivity contribution is -0.145. The van der Waals surface area contributed by atoms with Crippen molar-refractivity contribution in [3.8, 4) is 0 Å². The normalized spacial score (nSPS) is 13.0. The highest BCUT2D eigenvalue weighted by Gasteiger charge is 2.14. The Morgan fingerprint density at radius 2 is 1.10 bits per heavy atom. The summed E-state index contributed by atoms with van der Waals surface area (Å²) in [7, 11) is 0. The van der Waals surface area contributed by atoms with Crippen molar-refractivity contribution in [2.24, 2.45) is 11.8 Å². The molecule has 0 radical (unpaired) electrons. The number of carboxylic acid groups (broad SMARTS) is 2. The predicted molar refractivity (Wildman–Crippen MR) is 75.8 cm³/mol. The molecule has 0 amide bonds. The van der Waals surface area contributed by atoms with Crippen LogP contribution in [-0.4, -0.2) is 48.6 Å².